The number of hydrogen-bond donors (Lipinski definition) is 0. The lowest BCUT2D eigenvalue weighted by Crippen LogP contribution is -2.00. The van der Waals surface area contributed by atoms with Crippen molar-refractivity contribution in [1.82, 2.24) is 0 Å². The molecular formula is C20H39N3. The molecule has 23 heavy (non-hydrogen) atoms. The molecular weight excluding hydrogens is 282 g/mol. The predicted molar refractivity (Wildman–Crippen MR) is 102 cm³/mol. The molecule has 0 aromatic carbocycles. The van der Waals surface area contributed by atoms with Gasteiger partial charge in [0.15, 0.2) is 0 Å². The summed E-state index contributed by atoms with van der Waals surface area (Å²) in [6, 6.07) is 0. The Morgan fingerprint density at radius 3 is 1.96 bits per heavy atom. The van der Waals surface area contributed by atoms with Gasteiger partial charge >= 0.3 is 0 Å². The molecule has 0 radical (unpaired) electrons. The van der Waals surface area contributed by atoms with E-state index in [1.165, 1.54) is 56.9 Å². The number of allylic oxidation sites excluding steroid dienone is 1. The van der Waals surface area contributed by atoms with Crippen LogP contribution in [0.1, 0.15) is 92.4 Å². The quantitative estimate of drug-likeness (QED) is 0.136. The van der Waals surface area contributed by atoms with Crippen molar-refractivity contribution in [1.29, 1.82) is 0 Å². The molecule has 0 heterocycles. The Morgan fingerprint density at radius 2 is 1.43 bits per heavy atom. The molecule has 0 spiro atoms. The largest absolute Gasteiger partial charge is 0.0899 e. The Bertz CT molecular complexity index is 354. The standard InChI is InChI=1S/C20H39N3/c1-17(2)9-6-10-18(3)11-7-12-19(4)13-8-14-20(5)15-16-22-23-21/h15,17-19H,6-14,16H2,1-5H3/b20-15+. The first-order valence-electron chi connectivity index (χ1n) is 9.62. The van der Waals surface area contributed by atoms with Crippen LogP contribution in [0.25, 0.3) is 10.4 Å². The zero-order valence-corrected chi connectivity index (χ0v) is 16.2. The molecule has 0 rings (SSSR count). The van der Waals surface area contributed by atoms with Crippen molar-refractivity contribution >= 4 is 0 Å². The summed E-state index contributed by atoms with van der Waals surface area (Å²) in [5.41, 5.74) is 9.60. The van der Waals surface area contributed by atoms with Crippen LogP contribution in [0.5, 0.6) is 0 Å². The number of nitrogens with zero attached hydrogens (tertiary/aromatic N) is 3. The van der Waals surface area contributed by atoms with E-state index >= 15 is 0 Å². The third kappa shape index (κ3) is 15.7. The molecule has 0 N–H and O–H groups in total. The van der Waals surface area contributed by atoms with Gasteiger partial charge in [0, 0.05) is 11.5 Å². The fourth-order valence-electron chi connectivity index (χ4n) is 3.04. The third-order valence-corrected chi connectivity index (χ3v) is 4.72. The highest BCUT2D eigenvalue weighted by molar-refractivity contribution is 4.98. The normalized spacial score (nSPS) is 14.6. The average Bonchev–Trinajstić information content (AvgIpc) is 2.47. The summed E-state index contributed by atoms with van der Waals surface area (Å²) in [4.78, 5) is 2.77. The molecule has 0 aliphatic carbocycles. The van der Waals surface area contributed by atoms with Crippen molar-refractivity contribution in [2.24, 2.45) is 22.9 Å². The molecule has 0 aromatic rings. The topological polar surface area (TPSA) is 48.8 Å². The van der Waals surface area contributed by atoms with Gasteiger partial charge in [-0.15, -0.1) is 0 Å². The van der Waals surface area contributed by atoms with E-state index in [0.29, 0.717) is 6.54 Å². The van der Waals surface area contributed by atoms with E-state index in [4.69, 9.17) is 5.53 Å². The smallest absolute Gasteiger partial charge is 0.0442 e. The fourth-order valence-corrected chi connectivity index (χ4v) is 3.04. The maximum atomic E-state index is 8.25. The summed E-state index contributed by atoms with van der Waals surface area (Å²) in [5, 5.41) is 3.55. The molecule has 2 unspecified atom stereocenters. The Kier molecular flexibility index (Phi) is 14.0. The first-order chi connectivity index (χ1) is 11.0. The van der Waals surface area contributed by atoms with Crippen molar-refractivity contribution in [3.8, 4) is 0 Å². The summed E-state index contributed by atoms with van der Waals surface area (Å²) in [7, 11) is 0. The van der Waals surface area contributed by atoms with Crippen LogP contribution in [0.2, 0.25) is 0 Å². The highest BCUT2D eigenvalue weighted by atomic mass is 15.1. The van der Waals surface area contributed by atoms with Gasteiger partial charge in [0.2, 0.25) is 0 Å². The summed E-state index contributed by atoms with van der Waals surface area (Å²) < 4.78 is 0. The van der Waals surface area contributed by atoms with Gasteiger partial charge < -0.3 is 0 Å². The lowest BCUT2D eigenvalue weighted by molar-refractivity contribution is 0.389. The van der Waals surface area contributed by atoms with E-state index < -0.39 is 0 Å². The first-order valence-corrected chi connectivity index (χ1v) is 9.62. The van der Waals surface area contributed by atoms with Gasteiger partial charge in [0.25, 0.3) is 0 Å². The zero-order valence-electron chi connectivity index (χ0n) is 16.2. The average molecular weight is 322 g/mol. The van der Waals surface area contributed by atoms with Gasteiger partial charge in [0.05, 0.1) is 0 Å². The van der Waals surface area contributed by atoms with Crippen LogP contribution >= 0.6 is 0 Å². The van der Waals surface area contributed by atoms with Crippen molar-refractivity contribution in [2.45, 2.75) is 92.4 Å². The maximum Gasteiger partial charge on any atom is 0.0442 e. The highest BCUT2D eigenvalue weighted by Gasteiger charge is 2.06. The molecule has 0 fully saturated rings. The van der Waals surface area contributed by atoms with Gasteiger partial charge in [-0.05, 0) is 43.1 Å². The molecule has 0 aliphatic heterocycles. The van der Waals surface area contributed by atoms with E-state index in [-0.39, 0.29) is 0 Å². The summed E-state index contributed by atoms with van der Waals surface area (Å²) in [5.74, 6) is 2.58. The lowest BCUT2D eigenvalue weighted by Gasteiger charge is -2.15. The third-order valence-electron chi connectivity index (χ3n) is 4.72. The van der Waals surface area contributed by atoms with Crippen LogP contribution in [-0.2, 0) is 0 Å². The van der Waals surface area contributed by atoms with Gasteiger partial charge in [0.1, 0.15) is 0 Å². The molecule has 3 heteroatoms. The minimum Gasteiger partial charge on any atom is -0.0899 e. The van der Waals surface area contributed by atoms with Gasteiger partial charge in [-0.2, -0.15) is 0 Å². The predicted octanol–water partition coefficient (Wildman–Crippen LogP) is 7.68. The second kappa shape index (κ2) is 14.6. The maximum absolute atomic E-state index is 8.25. The van der Waals surface area contributed by atoms with Crippen LogP contribution in [0, 0.1) is 17.8 Å². The molecule has 0 bridgehead atoms. The van der Waals surface area contributed by atoms with Gasteiger partial charge in [-0.3, -0.25) is 0 Å². The van der Waals surface area contributed by atoms with Crippen LogP contribution in [0.4, 0.5) is 0 Å². The Labute approximate surface area is 144 Å². The van der Waals surface area contributed by atoms with Crippen LogP contribution in [0.15, 0.2) is 16.8 Å². The molecule has 134 valence electrons. The number of hydrogen-bond acceptors (Lipinski definition) is 1. The van der Waals surface area contributed by atoms with Crippen molar-refractivity contribution in [2.75, 3.05) is 6.54 Å². The molecule has 0 aliphatic rings. The first kappa shape index (κ1) is 22.1. The Morgan fingerprint density at radius 1 is 0.913 bits per heavy atom. The van der Waals surface area contributed by atoms with E-state index in [2.05, 4.69) is 44.6 Å². The molecule has 3 nitrogen and oxygen atoms in total. The highest BCUT2D eigenvalue weighted by Crippen LogP contribution is 2.21. The summed E-state index contributed by atoms with van der Waals surface area (Å²) in [6.07, 6.45) is 14.1. The van der Waals surface area contributed by atoms with Crippen LogP contribution in [0.3, 0.4) is 0 Å². The summed E-state index contributed by atoms with van der Waals surface area (Å²) >= 11 is 0. The van der Waals surface area contributed by atoms with E-state index in [1.807, 2.05) is 6.08 Å². The van der Waals surface area contributed by atoms with Gasteiger partial charge in [-0.1, -0.05) is 89.4 Å². The lowest BCUT2D eigenvalue weighted by atomic mass is 9.91. The van der Waals surface area contributed by atoms with Crippen molar-refractivity contribution < 1.29 is 0 Å². The number of azide groups is 1. The van der Waals surface area contributed by atoms with E-state index in [0.717, 1.165) is 24.2 Å². The zero-order chi connectivity index (χ0) is 17.5. The van der Waals surface area contributed by atoms with E-state index in [9.17, 15) is 0 Å². The molecule has 0 aromatic heterocycles. The molecule has 0 amide bonds. The molecule has 2 atom stereocenters. The minimum atomic E-state index is 0.493. The van der Waals surface area contributed by atoms with Crippen LogP contribution in [-0.4, -0.2) is 6.54 Å². The van der Waals surface area contributed by atoms with Crippen molar-refractivity contribution in [3.63, 3.8) is 0 Å². The molecule has 0 saturated carbocycles. The Hall–Kier alpha value is -0.950. The van der Waals surface area contributed by atoms with Gasteiger partial charge in [-0.25, -0.2) is 0 Å². The Balaban J connectivity index is 3.61. The minimum absolute atomic E-state index is 0.493. The number of rotatable bonds is 14. The molecule has 0 saturated heterocycles. The second-order valence-electron chi connectivity index (χ2n) is 7.82. The van der Waals surface area contributed by atoms with E-state index in [1.54, 1.807) is 0 Å². The fraction of sp³-hybridized carbons (Fsp3) is 0.900. The summed E-state index contributed by atoms with van der Waals surface area (Å²) in [6.45, 7) is 12.1. The SMILES string of the molecule is C/C(=C\CN=[N+]=[N-])CCCC(C)CCCC(C)CCCC(C)C. The second-order valence-corrected chi connectivity index (χ2v) is 7.82. The monoisotopic (exact) mass is 321 g/mol. The van der Waals surface area contributed by atoms with Crippen LogP contribution < -0.4 is 0 Å². The van der Waals surface area contributed by atoms with Crippen molar-refractivity contribution in [3.05, 3.63) is 22.1 Å².